The van der Waals surface area contributed by atoms with Crippen LogP contribution in [0.15, 0.2) is 18.2 Å². The van der Waals surface area contributed by atoms with Crippen LogP contribution < -0.4 is 11.1 Å². The van der Waals surface area contributed by atoms with E-state index in [9.17, 15) is 19.8 Å². The van der Waals surface area contributed by atoms with Crippen LogP contribution in [0.3, 0.4) is 0 Å². The highest BCUT2D eigenvalue weighted by atomic mass is 16.5. The summed E-state index contributed by atoms with van der Waals surface area (Å²) in [6.45, 7) is 1.69. The van der Waals surface area contributed by atoms with Gasteiger partial charge in [-0.25, -0.2) is 4.79 Å². The van der Waals surface area contributed by atoms with E-state index in [1.165, 1.54) is 19.2 Å². The Balaban J connectivity index is 2.80. The molecule has 116 valence electrons. The van der Waals surface area contributed by atoms with Crippen LogP contribution >= 0.6 is 0 Å². The van der Waals surface area contributed by atoms with E-state index >= 15 is 0 Å². The number of hydrogen-bond acceptors (Lipinski definition) is 6. The van der Waals surface area contributed by atoms with Crippen molar-refractivity contribution in [2.75, 3.05) is 7.11 Å². The molecule has 1 rings (SSSR count). The SMILES string of the molecule is COC(=O)[C@H](Cc1ccc(O)c(O)c1)NC(=O)CC(C)N. The number of amides is 1. The first-order valence-electron chi connectivity index (χ1n) is 6.47. The Morgan fingerprint density at radius 1 is 1.33 bits per heavy atom. The Hall–Kier alpha value is -2.28. The Morgan fingerprint density at radius 2 is 2.00 bits per heavy atom. The topological polar surface area (TPSA) is 122 Å². The molecule has 1 unspecified atom stereocenters. The standard InChI is InChI=1S/C14H20N2O5/c1-8(15)5-13(19)16-10(14(20)21-2)6-9-3-4-11(17)12(18)7-9/h3-4,7-8,10,17-18H,5-6,15H2,1-2H3,(H,16,19)/t8?,10-/m0/s1. The van der Waals surface area contributed by atoms with Crippen LogP contribution in [-0.2, 0) is 20.7 Å². The first-order valence-corrected chi connectivity index (χ1v) is 6.47. The fraction of sp³-hybridized carbons (Fsp3) is 0.429. The molecule has 0 spiro atoms. The molecule has 7 heteroatoms. The van der Waals surface area contributed by atoms with E-state index in [4.69, 9.17) is 5.73 Å². The molecule has 0 aliphatic carbocycles. The zero-order chi connectivity index (χ0) is 16.0. The summed E-state index contributed by atoms with van der Waals surface area (Å²) >= 11 is 0. The number of carbonyl (C=O) groups is 2. The molecule has 21 heavy (non-hydrogen) atoms. The van der Waals surface area contributed by atoms with Gasteiger partial charge in [0.2, 0.25) is 5.91 Å². The highest BCUT2D eigenvalue weighted by Crippen LogP contribution is 2.25. The van der Waals surface area contributed by atoms with Crippen molar-refractivity contribution >= 4 is 11.9 Å². The number of phenolic OH excluding ortho intramolecular Hbond substituents is 2. The Morgan fingerprint density at radius 3 is 2.52 bits per heavy atom. The van der Waals surface area contributed by atoms with Crippen molar-refractivity contribution in [1.29, 1.82) is 0 Å². The van der Waals surface area contributed by atoms with E-state index in [-0.39, 0.29) is 36.3 Å². The second-order valence-corrected chi connectivity index (χ2v) is 4.85. The molecule has 1 aromatic carbocycles. The number of hydrogen-bond donors (Lipinski definition) is 4. The third-order valence-electron chi connectivity index (χ3n) is 2.81. The minimum absolute atomic E-state index is 0.0916. The molecule has 7 nitrogen and oxygen atoms in total. The van der Waals surface area contributed by atoms with Crippen molar-refractivity contribution in [3.8, 4) is 11.5 Å². The first kappa shape index (κ1) is 16.8. The van der Waals surface area contributed by atoms with Crippen LogP contribution in [-0.4, -0.2) is 41.3 Å². The molecule has 0 bridgehead atoms. The van der Waals surface area contributed by atoms with Gasteiger partial charge in [-0.05, 0) is 24.6 Å². The summed E-state index contributed by atoms with van der Waals surface area (Å²) in [6, 6.07) is 2.97. The summed E-state index contributed by atoms with van der Waals surface area (Å²) in [6.07, 6.45) is 0.222. The number of phenols is 2. The van der Waals surface area contributed by atoms with Crippen molar-refractivity contribution in [2.24, 2.45) is 5.73 Å². The maximum absolute atomic E-state index is 11.7. The van der Waals surface area contributed by atoms with Gasteiger partial charge in [-0.3, -0.25) is 4.79 Å². The van der Waals surface area contributed by atoms with Crippen molar-refractivity contribution in [1.82, 2.24) is 5.32 Å². The second-order valence-electron chi connectivity index (χ2n) is 4.85. The summed E-state index contributed by atoms with van der Waals surface area (Å²) in [4.78, 5) is 23.4. The lowest BCUT2D eigenvalue weighted by Crippen LogP contribution is -2.44. The third-order valence-corrected chi connectivity index (χ3v) is 2.81. The van der Waals surface area contributed by atoms with Gasteiger partial charge in [-0.1, -0.05) is 6.07 Å². The molecule has 0 saturated carbocycles. The van der Waals surface area contributed by atoms with E-state index in [0.717, 1.165) is 0 Å². The first-order chi connectivity index (χ1) is 9.83. The summed E-state index contributed by atoms with van der Waals surface area (Å²) in [7, 11) is 1.22. The van der Waals surface area contributed by atoms with E-state index in [0.29, 0.717) is 5.56 Å². The van der Waals surface area contributed by atoms with Crippen molar-refractivity contribution < 1.29 is 24.5 Å². The van der Waals surface area contributed by atoms with Crippen LogP contribution in [0.2, 0.25) is 0 Å². The number of methoxy groups -OCH3 is 1. The minimum Gasteiger partial charge on any atom is -0.504 e. The fourth-order valence-corrected chi connectivity index (χ4v) is 1.81. The quantitative estimate of drug-likeness (QED) is 0.434. The predicted octanol–water partition coefficient (Wildman–Crippen LogP) is 0.0354. The molecule has 0 aliphatic rings. The smallest absolute Gasteiger partial charge is 0.328 e. The lowest BCUT2D eigenvalue weighted by Gasteiger charge is -2.17. The average Bonchev–Trinajstić information content (AvgIpc) is 2.40. The zero-order valence-electron chi connectivity index (χ0n) is 12.0. The normalized spacial score (nSPS) is 13.3. The molecule has 0 aromatic heterocycles. The van der Waals surface area contributed by atoms with Gasteiger partial charge in [-0.15, -0.1) is 0 Å². The monoisotopic (exact) mass is 296 g/mol. The lowest BCUT2D eigenvalue weighted by atomic mass is 10.0. The molecular formula is C14H20N2O5. The molecule has 1 aromatic rings. The molecular weight excluding hydrogens is 276 g/mol. The van der Waals surface area contributed by atoms with Gasteiger partial charge >= 0.3 is 5.97 Å². The summed E-state index contributed by atoms with van der Waals surface area (Å²) in [5.74, 6) is -1.50. The summed E-state index contributed by atoms with van der Waals surface area (Å²) in [5, 5.41) is 21.2. The number of nitrogens with two attached hydrogens (primary N) is 1. The Kier molecular flexibility index (Phi) is 5.98. The zero-order valence-corrected chi connectivity index (χ0v) is 12.0. The number of ether oxygens (including phenoxy) is 1. The number of aromatic hydroxyl groups is 2. The number of esters is 1. The lowest BCUT2D eigenvalue weighted by molar-refractivity contribution is -0.145. The third kappa shape index (κ3) is 5.31. The van der Waals surface area contributed by atoms with Gasteiger partial charge in [0.1, 0.15) is 6.04 Å². The van der Waals surface area contributed by atoms with E-state index < -0.39 is 12.0 Å². The van der Waals surface area contributed by atoms with E-state index in [1.54, 1.807) is 13.0 Å². The van der Waals surface area contributed by atoms with Gasteiger partial charge in [0.05, 0.1) is 7.11 Å². The van der Waals surface area contributed by atoms with Gasteiger partial charge in [0.15, 0.2) is 11.5 Å². The highest BCUT2D eigenvalue weighted by Gasteiger charge is 2.22. The molecule has 0 heterocycles. The van der Waals surface area contributed by atoms with Gasteiger partial charge < -0.3 is 26.0 Å². The maximum atomic E-state index is 11.7. The predicted molar refractivity (Wildman–Crippen MR) is 75.7 cm³/mol. The van der Waals surface area contributed by atoms with Gasteiger partial charge in [-0.2, -0.15) is 0 Å². The second kappa shape index (κ2) is 7.49. The number of nitrogens with one attached hydrogen (secondary N) is 1. The van der Waals surface area contributed by atoms with Crippen molar-refractivity contribution in [2.45, 2.75) is 31.8 Å². The van der Waals surface area contributed by atoms with Crippen LogP contribution in [0.4, 0.5) is 0 Å². The Bertz CT molecular complexity index is 516. The van der Waals surface area contributed by atoms with Crippen LogP contribution in [0, 0.1) is 0 Å². The molecule has 5 N–H and O–H groups in total. The molecule has 0 saturated heterocycles. The summed E-state index contributed by atoms with van der Waals surface area (Å²) < 4.78 is 4.65. The average molecular weight is 296 g/mol. The number of rotatable bonds is 6. The number of carbonyl (C=O) groups excluding carboxylic acids is 2. The van der Waals surface area contributed by atoms with Crippen LogP contribution in [0.5, 0.6) is 11.5 Å². The van der Waals surface area contributed by atoms with Crippen LogP contribution in [0.25, 0.3) is 0 Å². The van der Waals surface area contributed by atoms with Gasteiger partial charge in [0.25, 0.3) is 0 Å². The van der Waals surface area contributed by atoms with E-state index in [2.05, 4.69) is 10.1 Å². The van der Waals surface area contributed by atoms with Gasteiger partial charge in [0, 0.05) is 18.9 Å². The summed E-state index contributed by atoms with van der Waals surface area (Å²) in [5.41, 5.74) is 6.10. The maximum Gasteiger partial charge on any atom is 0.328 e. The molecule has 2 atom stereocenters. The Labute approximate surface area is 122 Å². The molecule has 0 fully saturated rings. The fourth-order valence-electron chi connectivity index (χ4n) is 1.81. The van der Waals surface area contributed by atoms with Crippen molar-refractivity contribution in [3.05, 3.63) is 23.8 Å². The van der Waals surface area contributed by atoms with E-state index in [1.807, 2.05) is 0 Å². The highest BCUT2D eigenvalue weighted by molar-refractivity contribution is 5.84. The molecule has 0 aliphatic heterocycles. The number of benzene rings is 1. The molecule has 1 amide bonds. The van der Waals surface area contributed by atoms with Crippen molar-refractivity contribution in [3.63, 3.8) is 0 Å². The molecule has 0 radical (unpaired) electrons. The van der Waals surface area contributed by atoms with Crippen LogP contribution in [0.1, 0.15) is 18.9 Å². The minimum atomic E-state index is -0.884. The largest absolute Gasteiger partial charge is 0.504 e.